The fourth-order valence-electron chi connectivity index (χ4n) is 3.19. The molecule has 5 N–H and O–H groups in total. The summed E-state index contributed by atoms with van der Waals surface area (Å²) in [5, 5.41) is 38.8. The maximum atomic E-state index is 10.8. The Hall–Kier alpha value is -0.450. The molecule has 3 unspecified atom stereocenters. The molecule has 3 heterocycles. The van der Waals surface area contributed by atoms with Crippen LogP contribution >= 0.6 is 0 Å². The molecule has 0 amide bonds. The van der Waals surface area contributed by atoms with Crippen molar-refractivity contribution in [1.29, 1.82) is 0 Å². The van der Waals surface area contributed by atoms with E-state index in [0.717, 1.165) is 0 Å². The summed E-state index contributed by atoms with van der Waals surface area (Å²) in [6, 6.07) is 0. The summed E-state index contributed by atoms with van der Waals surface area (Å²) in [5.74, 6) is 0. The molecule has 0 aliphatic carbocycles. The predicted molar refractivity (Wildman–Crippen MR) is 74.3 cm³/mol. The van der Waals surface area contributed by atoms with Crippen LogP contribution in [0.15, 0.2) is 0 Å². The van der Waals surface area contributed by atoms with Crippen molar-refractivity contribution < 1.29 is 56.5 Å². The van der Waals surface area contributed by atoms with E-state index < -0.39 is 72.3 Å². The van der Waals surface area contributed by atoms with E-state index in [9.17, 15) is 28.8 Å². The highest BCUT2D eigenvalue weighted by atomic mass is 32.3. The second-order valence-corrected chi connectivity index (χ2v) is 7.08. The first-order chi connectivity index (χ1) is 11.7. The molecule has 12 nitrogen and oxygen atoms in total. The average molecular weight is 388 g/mol. The highest BCUT2D eigenvalue weighted by Crippen LogP contribution is 2.34. The van der Waals surface area contributed by atoms with Crippen LogP contribution in [0.25, 0.3) is 0 Å². The smallest absolute Gasteiger partial charge is 0.394 e. The molecule has 25 heavy (non-hydrogen) atoms. The second kappa shape index (κ2) is 7.28. The van der Waals surface area contributed by atoms with E-state index in [1.165, 1.54) is 0 Å². The van der Waals surface area contributed by atoms with Crippen LogP contribution in [0.3, 0.4) is 0 Å². The number of hydrogen-bond acceptors (Lipinski definition) is 11. The van der Waals surface area contributed by atoms with E-state index in [-0.39, 0.29) is 13.0 Å². The van der Waals surface area contributed by atoms with Crippen molar-refractivity contribution in [3.05, 3.63) is 0 Å². The Morgan fingerprint density at radius 3 is 2.48 bits per heavy atom. The Morgan fingerprint density at radius 1 is 1.12 bits per heavy atom. The van der Waals surface area contributed by atoms with Crippen LogP contribution in [-0.2, 0) is 33.5 Å². The summed E-state index contributed by atoms with van der Waals surface area (Å²) in [4.78, 5) is 0. The molecule has 9 atom stereocenters. The molecule has 2 bridgehead atoms. The number of fused-ring (bicyclic) bond motifs is 2. The van der Waals surface area contributed by atoms with Crippen LogP contribution in [0.5, 0.6) is 0 Å². The maximum absolute atomic E-state index is 10.8. The van der Waals surface area contributed by atoms with Crippen molar-refractivity contribution in [2.75, 3.05) is 13.2 Å². The first-order valence-electron chi connectivity index (χ1n) is 7.58. The minimum atomic E-state index is -4.86. The molecule has 3 fully saturated rings. The highest BCUT2D eigenvalue weighted by molar-refractivity contribution is 7.80. The molecular formula is C12H20O12S. The van der Waals surface area contributed by atoms with Crippen LogP contribution in [0.2, 0.25) is 0 Å². The average Bonchev–Trinajstić information content (AvgIpc) is 2.82. The van der Waals surface area contributed by atoms with Crippen LogP contribution in [0.4, 0.5) is 0 Å². The lowest BCUT2D eigenvalue weighted by Gasteiger charge is -2.41. The number of aliphatic hydroxyl groups excluding tert-OH is 4. The van der Waals surface area contributed by atoms with Gasteiger partial charge in [-0.3, -0.25) is 4.55 Å². The van der Waals surface area contributed by atoms with E-state index in [4.69, 9.17) is 23.5 Å². The maximum Gasteiger partial charge on any atom is 0.397 e. The summed E-state index contributed by atoms with van der Waals surface area (Å²) in [5.41, 5.74) is 0. The van der Waals surface area contributed by atoms with E-state index in [0.29, 0.717) is 0 Å². The van der Waals surface area contributed by atoms with Gasteiger partial charge in [0.1, 0.15) is 36.6 Å². The van der Waals surface area contributed by atoms with Gasteiger partial charge in [-0.05, 0) is 0 Å². The summed E-state index contributed by atoms with van der Waals surface area (Å²) in [7, 11) is -4.86. The van der Waals surface area contributed by atoms with Gasteiger partial charge in [0, 0.05) is 6.42 Å². The SMILES string of the molecule is O=S(=O)(O)O[C@H]1C(CO)O[C@@H](O[C@H]2C3CO[C@H]2C(O)[C@@H](O)O3)C[C@H]1O. The van der Waals surface area contributed by atoms with Gasteiger partial charge in [0.15, 0.2) is 12.6 Å². The Bertz CT molecular complexity index is 568. The first-order valence-corrected chi connectivity index (χ1v) is 8.95. The molecular weight excluding hydrogens is 368 g/mol. The molecule has 0 aromatic rings. The zero-order valence-corrected chi connectivity index (χ0v) is 13.6. The van der Waals surface area contributed by atoms with Gasteiger partial charge in [-0.1, -0.05) is 0 Å². The zero-order valence-electron chi connectivity index (χ0n) is 12.8. The van der Waals surface area contributed by atoms with E-state index >= 15 is 0 Å². The van der Waals surface area contributed by atoms with Crippen molar-refractivity contribution in [3.63, 3.8) is 0 Å². The Kier molecular flexibility index (Phi) is 5.63. The Balaban J connectivity index is 1.65. The molecule has 3 rings (SSSR count). The van der Waals surface area contributed by atoms with Crippen molar-refractivity contribution in [3.8, 4) is 0 Å². The third-order valence-electron chi connectivity index (χ3n) is 4.31. The van der Waals surface area contributed by atoms with Gasteiger partial charge in [-0.25, -0.2) is 4.18 Å². The Labute approximate surface area is 142 Å². The van der Waals surface area contributed by atoms with Crippen molar-refractivity contribution in [2.24, 2.45) is 0 Å². The van der Waals surface area contributed by atoms with Crippen LogP contribution in [0.1, 0.15) is 6.42 Å². The molecule has 3 saturated heterocycles. The summed E-state index contributed by atoms with van der Waals surface area (Å²) < 4.78 is 56.2. The van der Waals surface area contributed by atoms with Crippen LogP contribution < -0.4 is 0 Å². The van der Waals surface area contributed by atoms with Gasteiger partial charge in [0.2, 0.25) is 0 Å². The topological polar surface area (TPSA) is 181 Å². The zero-order chi connectivity index (χ0) is 18.4. The standard InChI is InChI=1S/C12H20O12S/c13-2-5-9(24-25(17,18)19)4(14)1-7(21-5)23-10-6-3-20-11(10)8(15)12(16)22-6/h4-16H,1-3H2,(H,17,18,19)/t4-,5?,6?,7+,8?,9-,10+,11+,12+/m1/s1. The molecule has 0 saturated carbocycles. The fourth-order valence-corrected chi connectivity index (χ4v) is 3.72. The number of ether oxygens (including phenoxy) is 4. The largest absolute Gasteiger partial charge is 0.397 e. The third-order valence-corrected chi connectivity index (χ3v) is 4.78. The first kappa shape index (κ1) is 19.3. The molecule has 146 valence electrons. The minimum absolute atomic E-state index is 0.0800. The summed E-state index contributed by atoms with van der Waals surface area (Å²) >= 11 is 0. The number of rotatable bonds is 5. The second-order valence-electron chi connectivity index (χ2n) is 6.03. The third kappa shape index (κ3) is 4.12. The van der Waals surface area contributed by atoms with E-state index in [1.807, 2.05) is 0 Å². The van der Waals surface area contributed by atoms with Gasteiger partial charge in [0.05, 0.1) is 19.3 Å². The van der Waals surface area contributed by atoms with Crippen LogP contribution in [-0.4, -0.2) is 102 Å². The van der Waals surface area contributed by atoms with Gasteiger partial charge in [0.25, 0.3) is 0 Å². The quantitative estimate of drug-likeness (QED) is 0.294. The van der Waals surface area contributed by atoms with E-state index in [2.05, 4.69) is 4.18 Å². The molecule has 0 aromatic carbocycles. The van der Waals surface area contributed by atoms with Gasteiger partial charge in [-0.2, -0.15) is 8.42 Å². The summed E-state index contributed by atoms with van der Waals surface area (Å²) in [6.45, 7) is -0.625. The Morgan fingerprint density at radius 2 is 1.84 bits per heavy atom. The monoisotopic (exact) mass is 388 g/mol. The normalized spacial score (nSPS) is 47.8. The van der Waals surface area contributed by atoms with E-state index in [1.54, 1.807) is 0 Å². The highest BCUT2D eigenvalue weighted by Gasteiger charge is 2.53. The predicted octanol–water partition coefficient (Wildman–Crippen LogP) is -3.50. The lowest BCUT2D eigenvalue weighted by molar-refractivity contribution is -0.308. The molecule has 3 aliphatic rings. The molecule has 3 aliphatic heterocycles. The lowest BCUT2D eigenvalue weighted by Crippen LogP contribution is -2.57. The molecule has 0 spiro atoms. The summed E-state index contributed by atoms with van der Waals surface area (Å²) in [6.07, 6.45) is -10.6. The lowest BCUT2D eigenvalue weighted by atomic mass is 10.00. The van der Waals surface area contributed by atoms with Crippen molar-refractivity contribution in [2.45, 2.75) is 61.7 Å². The van der Waals surface area contributed by atoms with Gasteiger partial charge >= 0.3 is 10.4 Å². The van der Waals surface area contributed by atoms with Crippen LogP contribution in [0, 0.1) is 0 Å². The van der Waals surface area contributed by atoms with Gasteiger partial charge in [-0.15, -0.1) is 0 Å². The molecule has 13 heteroatoms. The minimum Gasteiger partial charge on any atom is -0.394 e. The van der Waals surface area contributed by atoms with Crippen molar-refractivity contribution >= 4 is 10.4 Å². The molecule has 0 radical (unpaired) electrons. The number of hydrogen-bond donors (Lipinski definition) is 5. The fraction of sp³-hybridized carbons (Fsp3) is 1.00. The van der Waals surface area contributed by atoms with Gasteiger partial charge < -0.3 is 39.4 Å². The molecule has 0 aromatic heterocycles. The number of aliphatic hydroxyl groups is 4. The van der Waals surface area contributed by atoms with Crippen molar-refractivity contribution in [1.82, 2.24) is 0 Å².